The molecule has 17 heavy (non-hydrogen) atoms. The van der Waals surface area contributed by atoms with Crippen molar-refractivity contribution < 1.29 is 0 Å². The Morgan fingerprint density at radius 3 is 2.53 bits per heavy atom. The topological polar surface area (TPSA) is 37.8 Å². The summed E-state index contributed by atoms with van der Waals surface area (Å²) in [4.78, 5) is 0. The van der Waals surface area contributed by atoms with Gasteiger partial charge < -0.3 is 5.32 Å². The molecule has 0 amide bonds. The molecule has 0 aliphatic heterocycles. The lowest BCUT2D eigenvalue weighted by Crippen LogP contribution is -2.11. The standard InChI is InChI=1S/C13H25N3S/c1-4-5-6-7-8-9-10-12-15-16-13(17-12)11(2)14-3/h11,14H,4-10H2,1-3H3. The molecule has 98 valence electrons. The molecule has 0 spiro atoms. The lowest BCUT2D eigenvalue weighted by Gasteiger charge is -2.02. The van der Waals surface area contributed by atoms with Crippen molar-refractivity contribution in [1.29, 1.82) is 0 Å². The SMILES string of the molecule is CCCCCCCCc1nnc(C(C)NC)s1. The third-order valence-corrected chi connectivity index (χ3v) is 4.20. The number of hydrogen-bond acceptors (Lipinski definition) is 4. The van der Waals surface area contributed by atoms with Crippen LogP contribution in [0.15, 0.2) is 0 Å². The fraction of sp³-hybridized carbons (Fsp3) is 0.846. The number of nitrogens with zero attached hydrogens (tertiary/aromatic N) is 2. The van der Waals surface area contributed by atoms with Gasteiger partial charge in [0.25, 0.3) is 0 Å². The van der Waals surface area contributed by atoms with Crippen LogP contribution in [-0.4, -0.2) is 17.2 Å². The van der Waals surface area contributed by atoms with Gasteiger partial charge in [-0.2, -0.15) is 0 Å². The third kappa shape index (κ3) is 5.59. The van der Waals surface area contributed by atoms with E-state index in [0.29, 0.717) is 6.04 Å². The number of aromatic nitrogens is 2. The van der Waals surface area contributed by atoms with Gasteiger partial charge in [-0.25, -0.2) is 0 Å². The van der Waals surface area contributed by atoms with Gasteiger partial charge in [0.1, 0.15) is 10.0 Å². The second-order valence-corrected chi connectivity index (χ2v) is 5.66. The van der Waals surface area contributed by atoms with Crippen molar-refractivity contribution in [3.8, 4) is 0 Å². The van der Waals surface area contributed by atoms with Crippen molar-refractivity contribution in [1.82, 2.24) is 15.5 Å². The Balaban J connectivity index is 2.16. The van der Waals surface area contributed by atoms with Crippen molar-refractivity contribution in [2.45, 2.75) is 64.8 Å². The summed E-state index contributed by atoms with van der Waals surface area (Å²) in [6.45, 7) is 4.38. The lowest BCUT2D eigenvalue weighted by atomic mass is 10.1. The van der Waals surface area contributed by atoms with E-state index in [0.717, 1.165) is 11.4 Å². The molecule has 0 aromatic carbocycles. The van der Waals surface area contributed by atoms with Gasteiger partial charge in [0.15, 0.2) is 0 Å². The van der Waals surface area contributed by atoms with Crippen LogP contribution in [0.3, 0.4) is 0 Å². The van der Waals surface area contributed by atoms with E-state index in [1.54, 1.807) is 11.3 Å². The third-order valence-electron chi connectivity index (χ3n) is 3.03. The van der Waals surface area contributed by atoms with Crippen LogP contribution in [0.25, 0.3) is 0 Å². The maximum atomic E-state index is 4.25. The van der Waals surface area contributed by atoms with Crippen molar-refractivity contribution in [2.75, 3.05) is 7.05 Å². The first-order chi connectivity index (χ1) is 8.27. The number of unbranched alkanes of at least 4 members (excludes halogenated alkanes) is 5. The molecule has 0 radical (unpaired) electrons. The predicted octanol–water partition coefficient (Wildman–Crippen LogP) is 3.72. The summed E-state index contributed by atoms with van der Waals surface area (Å²) in [7, 11) is 1.96. The second-order valence-electron chi connectivity index (χ2n) is 4.56. The van der Waals surface area contributed by atoms with Crippen molar-refractivity contribution in [2.24, 2.45) is 0 Å². The van der Waals surface area contributed by atoms with E-state index in [-0.39, 0.29) is 0 Å². The smallest absolute Gasteiger partial charge is 0.134 e. The Kier molecular flexibility index (Phi) is 7.37. The van der Waals surface area contributed by atoms with Gasteiger partial charge in [-0.15, -0.1) is 10.2 Å². The number of hydrogen-bond donors (Lipinski definition) is 1. The van der Waals surface area contributed by atoms with Crippen molar-refractivity contribution in [3.63, 3.8) is 0 Å². The Hall–Kier alpha value is -0.480. The number of nitrogens with one attached hydrogen (secondary N) is 1. The highest BCUT2D eigenvalue weighted by Gasteiger charge is 2.09. The minimum atomic E-state index is 0.325. The van der Waals surface area contributed by atoms with E-state index in [2.05, 4.69) is 29.4 Å². The van der Waals surface area contributed by atoms with Crippen LogP contribution < -0.4 is 5.32 Å². The molecule has 1 atom stereocenters. The average molecular weight is 255 g/mol. The van der Waals surface area contributed by atoms with Crippen LogP contribution in [0.5, 0.6) is 0 Å². The van der Waals surface area contributed by atoms with E-state index in [1.807, 2.05) is 7.05 Å². The largest absolute Gasteiger partial charge is 0.311 e. The highest BCUT2D eigenvalue weighted by molar-refractivity contribution is 7.11. The van der Waals surface area contributed by atoms with Gasteiger partial charge >= 0.3 is 0 Å². The summed E-state index contributed by atoms with van der Waals surface area (Å²) < 4.78 is 0. The molecule has 1 aromatic heterocycles. The van der Waals surface area contributed by atoms with Gasteiger partial charge in [0, 0.05) is 6.42 Å². The molecular weight excluding hydrogens is 230 g/mol. The minimum Gasteiger partial charge on any atom is -0.311 e. The molecule has 0 saturated heterocycles. The molecule has 0 saturated carbocycles. The first-order valence-electron chi connectivity index (χ1n) is 6.77. The van der Waals surface area contributed by atoms with Gasteiger partial charge in [-0.05, 0) is 20.4 Å². The summed E-state index contributed by atoms with van der Waals surface area (Å²) in [5, 5.41) is 14.0. The van der Waals surface area contributed by atoms with Gasteiger partial charge in [-0.3, -0.25) is 0 Å². The van der Waals surface area contributed by atoms with Crippen LogP contribution in [-0.2, 0) is 6.42 Å². The minimum absolute atomic E-state index is 0.325. The number of aryl methyl sites for hydroxylation is 1. The molecule has 0 aliphatic rings. The highest BCUT2D eigenvalue weighted by Crippen LogP contribution is 2.19. The molecule has 0 aliphatic carbocycles. The first kappa shape index (κ1) is 14.6. The Labute approximate surface area is 109 Å². The molecule has 0 bridgehead atoms. The highest BCUT2D eigenvalue weighted by atomic mass is 32.1. The molecule has 3 nitrogen and oxygen atoms in total. The zero-order chi connectivity index (χ0) is 12.5. The quantitative estimate of drug-likeness (QED) is 0.683. The maximum absolute atomic E-state index is 4.25. The molecule has 1 N–H and O–H groups in total. The molecule has 0 fully saturated rings. The van der Waals surface area contributed by atoms with Gasteiger partial charge in [-0.1, -0.05) is 50.4 Å². The zero-order valence-corrected chi connectivity index (χ0v) is 12.1. The molecule has 4 heteroatoms. The predicted molar refractivity (Wildman–Crippen MR) is 74.5 cm³/mol. The zero-order valence-electron chi connectivity index (χ0n) is 11.3. The Bertz CT molecular complexity index is 299. The molecule has 1 rings (SSSR count). The summed E-state index contributed by atoms with van der Waals surface area (Å²) in [5.74, 6) is 0. The monoisotopic (exact) mass is 255 g/mol. The molecular formula is C13H25N3S. The van der Waals surface area contributed by atoms with Gasteiger partial charge in [0.05, 0.1) is 6.04 Å². The van der Waals surface area contributed by atoms with Crippen LogP contribution in [0.1, 0.15) is 68.4 Å². The normalized spacial score (nSPS) is 12.9. The van der Waals surface area contributed by atoms with Crippen molar-refractivity contribution in [3.05, 3.63) is 10.0 Å². The molecule has 1 heterocycles. The van der Waals surface area contributed by atoms with Crippen LogP contribution in [0.2, 0.25) is 0 Å². The molecule has 1 unspecified atom stereocenters. The first-order valence-corrected chi connectivity index (χ1v) is 7.59. The Morgan fingerprint density at radius 1 is 1.12 bits per heavy atom. The van der Waals surface area contributed by atoms with Crippen LogP contribution in [0.4, 0.5) is 0 Å². The summed E-state index contributed by atoms with van der Waals surface area (Å²) in [6, 6.07) is 0.325. The summed E-state index contributed by atoms with van der Waals surface area (Å²) in [6.07, 6.45) is 9.13. The maximum Gasteiger partial charge on any atom is 0.134 e. The lowest BCUT2D eigenvalue weighted by molar-refractivity contribution is 0.605. The summed E-state index contributed by atoms with van der Waals surface area (Å²) >= 11 is 1.75. The van der Waals surface area contributed by atoms with E-state index in [1.165, 1.54) is 43.5 Å². The van der Waals surface area contributed by atoms with Crippen LogP contribution in [0, 0.1) is 0 Å². The summed E-state index contributed by atoms with van der Waals surface area (Å²) in [5.41, 5.74) is 0. The fourth-order valence-corrected chi connectivity index (χ4v) is 2.67. The Morgan fingerprint density at radius 2 is 1.82 bits per heavy atom. The number of rotatable bonds is 9. The van der Waals surface area contributed by atoms with Crippen molar-refractivity contribution >= 4 is 11.3 Å². The van der Waals surface area contributed by atoms with E-state index >= 15 is 0 Å². The second kappa shape index (κ2) is 8.59. The van der Waals surface area contributed by atoms with Gasteiger partial charge in [0.2, 0.25) is 0 Å². The van der Waals surface area contributed by atoms with E-state index < -0.39 is 0 Å². The van der Waals surface area contributed by atoms with Crippen LogP contribution >= 0.6 is 11.3 Å². The van der Waals surface area contributed by atoms with E-state index in [9.17, 15) is 0 Å². The average Bonchev–Trinajstić information content (AvgIpc) is 2.81. The fourth-order valence-electron chi connectivity index (χ4n) is 1.72. The molecule has 1 aromatic rings. The van der Waals surface area contributed by atoms with E-state index in [4.69, 9.17) is 0 Å².